The third-order valence-electron chi connectivity index (χ3n) is 7.30. The number of nitrogens with zero attached hydrogens (tertiary/aromatic N) is 3. The molecule has 9 heteroatoms. The van der Waals surface area contributed by atoms with E-state index in [0.717, 1.165) is 19.0 Å². The molecule has 2 saturated heterocycles. The lowest BCUT2D eigenvalue weighted by Crippen LogP contribution is -2.32. The summed E-state index contributed by atoms with van der Waals surface area (Å²) in [5.74, 6) is -1.57. The van der Waals surface area contributed by atoms with Crippen molar-refractivity contribution in [2.24, 2.45) is 5.92 Å². The molecule has 8 nitrogen and oxygen atoms in total. The van der Waals surface area contributed by atoms with Gasteiger partial charge in [-0.25, -0.2) is 9.18 Å². The SMILES string of the molecule is COc1c(N2CC3CCN(C)C3C2)c(F)cc2c(=O)c(C(=O)O)cn(-c3ccc(C(C)=O)cc3)c12. The first-order valence-electron chi connectivity index (χ1n) is 11.5. The number of carboxylic acid groups (broad SMARTS) is 1. The maximum absolute atomic E-state index is 15.6. The van der Waals surface area contributed by atoms with Crippen LogP contribution in [0.15, 0.2) is 41.3 Å². The highest BCUT2D eigenvalue weighted by molar-refractivity contribution is 5.98. The third kappa shape index (κ3) is 3.67. The molecule has 1 aromatic heterocycles. The topological polar surface area (TPSA) is 92.1 Å². The standard InChI is InChI=1S/C26H26FN3O5/c1-14(31)15-4-6-17(7-5-15)30-12-19(26(33)34)24(32)18-10-20(27)23(25(35-3)22(18)30)29-11-16-8-9-28(2)21(16)13-29/h4-7,10,12,16,21H,8-9,11,13H2,1-3H3,(H,33,34). The monoisotopic (exact) mass is 479 g/mol. The zero-order chi connectivity index (χ0) is 25.0. The van der Waals surface area contributed by atoms with Gasteiger partial charge in [-0.15, -0.1) is 0 Å². The van der Waals surface area contributed by atoms with Gasteiger partial charge in [0.05, 0.1) is 12.5 Å². The molecule has 0 bridgehead atoms. The largest absolute Gasteiger partial charge is 0.492 e. The Balaban J connectivity index is 1.77. The molecule has 2 aliphatic rings. The van der Waals surface area contributed by atoms with Crippen molar-refractivity contribution >= 4 is 28.3 Å². The van der Waals surface area contributed by atoms with E-state index in [-0.39, 0.29) is 28.1 Å². The Morgan fingerprint density at radius 3 is 2.49 bits per heavy atom. The van der Waals surface area contributed by atoms with Gasteiger partial charge in [0.25, 0.3) is 0 Å². The Morgan fingerprint density at radius 2 is 1.89 bits per heavy atom. The summed E-state index contributed by atoms with van der Waals surface area (Å²) < 4.78 is 22.9. The van der Waals surface area contributed by atoms with Crippen LogP contribution in [0.5, 0.6) is 5.75 Å². The van der Waals surface area contributed by atoms with Crippen LogP contribution in [-0.4, -0.2) is 66.2 Å². The highest BCUT2D eigenvalue weighted by Gasteiger charge is 2.41. The van der Waals surface area contributed by atoms with Crippen molar-refractivity contribution < 1.29 is 23.8 Å². The van der Waals surface area contributed by atoms with E-state index in [4.69, 9.17) is 4.74 Å². The lowest BCUT2D eigenvalue weighted by Gasteiger charge is -2.26. The molecule has 0 amide bonds. The predicted molar refractivity (Wildman–Crippen MR) is 130 cm³/mol. The van der Waals surface area contributed by atoms with Crippen LogP contribution in [0.2, 0.25) is 0 Å². The van der Waals surface area contributed by atoms with Gasteiger partial charge >= 0.3 is 5.97 Å². The van der Waals surface area contributed by atoms with Gasteiger partial charge in [-0.05, 0) is 63.2 Å². The van der Waals surface area contributed by atoms with Crippen molar-refractivity contribution in [3.63, 3.8) is 0 Å². The number of Topliss-reactive ketones (excluding diaryl/α,β-unsaturated/α-hetero) is 1. The number of aromatic carboxylic acids is 1. The lowest BCUT2D eigenvalue weighted by atomic mass is 10.1. The molecular weight excluding hydrogens is 453 g/mol. The molecule has 0 radical (unpaired) electrons. The number of aromatic nitrogens is 1. The van der Waals surface area contributed by atoms with Crippen molar-refractivity contribution in [1.82, 2.24) is 9.47 Å². The number of ether oxygens (including phenoxy) is 1. The number of likely N-dealkylation sites (N-methyl/N-ethyl adjacent to an activating group) is 1. The maximum Gasteiger partial charge on any atom is 0.341 e. The highest BCUT2D eigenvalue weighted by atomic mass is 19.1. The fourth-order valence-corrected chi connectivity index (χ4v) is 5.47. The number of fused-ring (bicyclic) bond motifs is 2. The quantitative estimate of drug-likeness (QED) is 0.562. The van der Waals surface area contributed by atoms with Gasteiger partial charge in [-0.1, -0.05) is 0 Å². The number of hydrogen-bond acceptors (Lipinski definition) is 6. The summed E-state index contributed by atoms with van der Waals surface area (Å²) >= 11 is 0. The molecular formula is C26H26FN3O5. The Bertz CT molecular complexity index is 1420. The Kier molecular flexibility index (Phi) is 5.59. The number of hydrogen-bond donors (Lipinski definition) is 1. The van der Waals surface area contributed by atoms with Crippen LogP contribution in [0.1, 0.15) is 34.1 Å². The number of carboxylic acids is 1. The van der Waals surface area contributed by atoms with Crippen LogP contribution in [0, 0.1) is 11.7 Å². The van der Waals surface area contributed by atoms with Gasteiger partial charge in [-0.2, -0.15) is 0 Å². The maximum atomic E-state index is 15.6. The summed E-state index contributed by atoms with van der Waals surface area (Å²) in [5, 5.41) is 9.57. The summed E-state index contributed by atoms with van der Waals surface area (Å²) in [7, 11) is 3.48. The normalized spacial score (nSPS) is 19.8. The molecule has 2 aromatic carbocycles. The molecule has 2 aliphatic heterocycles. The van der Waals surface area contributed by atoms with E-state index in [0.29, 0.717) is 36.3 Å². The molecule has 2 atom stereocenters. The number of carbonyl (C=O) groups is 2. The fourth-order valence-electron chi connectivity index (χ4n) is 5.47. The molecule has 3 aromatic rings. The van der Waals surface area contributed by atoms with E-state index >= 15 is 4.39 Å². The molecule has 35 heavy (non-hydrogen) atoms. The van der Waals surface area contributed by atoms with E-state index < -0.39 is 22.8 Å². The number of ketones is 1. The van der Waals surface area contributed by atoms with Gasteiger partial charge < -0.3 is 24.2 Å². The number of pyridine rings is 1. The fraction of sp³-hybridized carbons (Fsp3) is 0.346. The minimum Gasteiger partial charge on any atom is -0.492 e. The van der Waals surface area contributed by atoms with Gasteiger partial charge in [0.2, 0.25) is 5.43 Å². The molecule has 5 rings (SSSR count). The molecule has 3 heterocycles. The van der Waals surface area contributed by atoms with Crippen molar-refractivity contribution in [3.8, 4) is 11.4 Å². The Hall–Kier alpha value is -3.72. The summed E-state index contributed by atoms with van der Waals surface area (Å²) in [4.78, 5) is 40.9. The Morgan fingerprint density at radius 1 is 1.17 bits per heavy atom. The number of anilines is 1. The molecule has 2 unspecified atom stereocenters. The number of methoxy groups -OCH3 is 1. The van der Waals surface area contributed by atoms with Crippen molar-refractivity contribution in [2.45, 2.75) is 19.4 Å². The number of halogens is 1. The van der Waals surface area contributed by atoms with Crippen LogP contribution in [0.3, 0.4) is 0 Å². The molecule has 1 N–H and O–H groups in total. The Labute approximate surface area is 201 Å². The summed E-state index contributed by atoms with van der Waals surface area (Å²) in [6, 6.07) is 7.98. The number of carbonyl (C=O) groups excluding carboxylic acids is 1. The lowest BCUT2D eigenvalue weighted by molar-refractivity contribution is 0.0694. The molecule has 2 fully saturated rings. The first kappa shape index (κ1) is 23.0. The minimum atomic E-state index is -1.41. The second-order valence-electron chi connectivity index (χ2n) is 9.29. The zero-order valence-electron chi connectivity index (χ0n) is 19.7. The van der Waals surface area contributed by atoms with Gasteiger partial charge in [0.15, 0.2) is 17.3 Å². The second-order valence-corrected chi connectivity index (χ2v) is 9.29. The second kappa shape index (κ2) is 8.49. The van der Waals surface area contributed by atoms with Crippen LogP contribution in [-0.2, 0) is 0 Å². The van der Waals surface area contributed by atoms with Gasteiger partial charge in [0.1, 0.15) is 16.8 Å². The predicted octanol–water partition coefficient (Wildman–Crippen LogP) is 3.18. The third-order valence-corrected chi connectivity index (χ3v) is 7.30. The minimum absolute atomic E-state index is 0.0878. The smallest absolute Gasteiger partial charge is 0.341 e. The van der Waals surface area contributed by atoms with E-state index in [1.165, 1.54) is 24.8 Å². The molecule has 0 spiro atoms. The first-order chi connectivity index (χ1) is 16.7. The molecule has 0 saturated carbocycles. The van der Waals surface area contributed by atoms with Crippen molar-refractivity contribution in [1.29, 1.82) is 0 Å². The molecule has 182 valence electrons. The number of rotatable bonds is 5. The summed E-state index contributed by atoms with van der Waals surface area (Å²) in [6.07, 6.45) is 2.26. The average Bonchev–Trinajstić information content (AvgIpc) is 3.40. The van der Waals surface area contributed by atoms with Crippen molar-refractivity contribution in [3.05, 3.63) is 63.7 Å². The van der Waals surface area contributed by atoms with E-state index in [9.17, 15) is 19.5 Å². The van der Waals surface area contributed by atoms with Crippen LogP contribution in [0.25, 0.3) is 16.6 Å². The number of benzene rings is 2. The van der Waals surface area contributed by atoms with E-state index in [1.807, 2.05) is 4.90 Å². The highest BCUT2D eigenvalue weighted by Crippen LogP contribution is 2.43. The average molecular weight is 480 g/mol. The zero-order valence-corrected chi connectivity index (χ0v) is 19.7. The van der Waals surface area contributed by atoms with Crippen LogP contribution < -0.4 is 15.1 Å². The molecule has 0 aliphatic carbocycles. The van der Waals surface area contributed by atoms with Gasteiger partial charge in [-0.3, -0.25) is 9.59 Å². The number of likely N-dealkylation sites (tertiary alicyclic amines) is 1. The van der Waals surface area contributed by atoms with Gasteiger partial charge in [0, 0.05) is 36.6 Å². The summed E-state index contributed by atoms with van der Waals surface area (Å²) in [6.45, 7) is 3.75. The van der Waals surface area contributed by atoms with Crippen LogP contribution >= 0.6 is 0 Å². The van der Waals surface area contributed by atoms with Crippen molar-refractivity contribution in [2.75, 3.05) is 38.7 Å². The van der Waals surface area contributed by atoms with E-state index in [2.05, 4.69) is 11.9 Å². The first-order valence-corrected chi connectivity index (χ1v) is 11.5. The summed E-state index contributed by atoms with van der Waals surface area (Å²) in [5.41, 5.74) is 0.269. The van der Waals surface area contributed by atoms with E-state index in [1.54, 1.807) is 24.3 Å². The van der Waals surface area contributed by atoms with Crippen LogP contribution in [0.4, 0.5) is 10.1 Å².